The second-order valence-corrected chi connectivity index (χ2v) is 15.8. The third-order valence-electron chi connectivity index (χ3n) is 5.44. The van der Waals surface area contributed by atoms with Gasteiger partial charge in [0.05, 0.1) is 47.9 Å². The van der Waals surface area contributed by atoms with Crippen molar-refractivity contribution in [2.24, 2.45) is 0 Å². The van der Waals surface area contributed by atoms with Gasteiger partial charge in [0.15, 0.2) is 0 Å². The largest absolute Gasteiger partial charge is 0.442 e. The molecule has 230 valence electrons. The summed E-state index contributed by atoms with van der Waals surface area (Å²) in [5, 5.41) is -3.74. The summed E-state index contributed by atoms with van der Waals surface area (Å²) in [5.74, 6) is -3.15. The SMILES string of the molecule is CC(=O)OC(C(=O)N(C)c1c(I)c(C(=O)Cl)c(I)c(C(=O)Cl)c1I)C(=O)N(C)c1c(I)c(C(=O)Cl)c(I)c(C(=O)Cl)c1I. The van der Waals surface area contributed by atoms with Crippen molar-refractivity contribution in [1.29, 1.82) is 0 Å². The minimum Gasteiger partial charge on any atom is -0.442 e. The number of nitrogens with zero attached hydrogens (tertiary/aromatic N) is 2. The summed E-state index contributed by atoms with van der Waals surface area (Å²) < 4.78 is 6.10. The molecule has 0 aliphatic heterocycles. The first kappa shape index (κ1) is 40.2. The molecule has 0 N–H and O–H groups in total. The second-order valence-electron chi connectivity index (χ2n) is 7.96. The molecule has 0 saturated heterocycles. The van der Waals surface area contributed by atoms with Crippen LogP contribution < -0.4 is 9.80 Å². The molecule has 10 nitrogen and oxygen atoms in total. The molecule has 43 heavy (non-hydrogen) atoms. The number of hydrogen-bond acceptors (Lipinski definition) is 8. The minimum atomic E-state index is -2.11. The summed E-state index contributed by atoms with van der Waals surface area (Å²) in [6, 6.07) is 0. The molecule has 0 atom stereocenters. The monoisotopic (exact) mass is 1340 g/mol. The number of halogens is 10. The highest BCUT2D eigenvalue weighted by atomic mass is 127. The van der Waals surface area contributed by atoms with E-state index in [9.17, 15) is 33.6 Å². The Morgan fingerprint density at radius 1 is 0.535 bits per heavy atom. The van der Waals surface area contributed by atoms with Crippen LogP contribution in [0.5, 0.6) is 0 Å². The fourth-order valence-corrected chi connectivity index (χ4v) is 15.3. The van der Waals surface area contributed by atoms with Crippen LogP contribution in [0.1, 0.15) is 48.4 Å². The molecule has 0 unspecified atom stereocenters. The molecule has 0 aliphatic rings. The molecule has 0 aromatic heterocycles. The maximum Gasteiger partial charge on any atom is 0.303 e. The molecule has 0 saturated carbocycles. The van der Waals surface area contributed by atoms with Crippen LogP contribution in [0, 0.1) is 21.4 Å². The number of ether oxygens (including phenoxy) is 1. The van der Waals surface area contributed by atoms with Crippen LogP contribution >= 0.6 is 182 Å². The zero-order valence-electron chi connectivity index (χ0n) is 21.0. The van der Waals surface area contributed by atoms with Crippen molar-refractivity contribution < 1.29 is 38.3 Å². The first-order valence-corrected chi connectivity index (χ1v) is 18.6. The summed E-state index contributed by atoms with van der Waals surface area (Å²) in [5.41, 5.74) is -0.419. The summed E-state index contributed by atoms with van der Waals surface area (Å²) in [6.07, 6.45) is -2.11. The summed E-state index contributed by atoms with van der Waals surface area (Å²) in [4.78, 5) is 90.9. The number of carbonyl (C=O) groups is 7. The Balaban J connectivity index is 2.83. The third-order valence-corrected chi connectivity index (χ3v) is 12.6. The first-order valence-electron chi connectivity index (χ1n) is 10.6. The van der Waals surface area contributed by atoms with Crippen LogP contribution in [-0.4, -0.2) is 59.0 Å². The predicted molar refractivity (Wildman–Crippen MR) is 212 cm³/mol. The van der Waals surface area contributed by atoms with Crippen molar-refractivity contribution in [2.45, 2.75) is 13.0 Å². The fourth-order valence-electron chi connectivity index (χ4n) is 3.53. The van der Waals surface area contributed by atoms with Gasteiger partial charge in [-0.15, -0.1) is 0 Å². The van der Waals surface area contributed by atoms with Gasteiger partial charge < -0.3 is 14.5 Å². The van der Waals surface area contributed by atoms with Crippen molar-refractivity contribution in [3.8, 4) is 0 Å². The Morgan fingerprint density at radius 2 is 0.767 bits per heavy atom. The summed E-state index contributed by atoms with van der Waals surface area (Å²) in [7, 11) is 2.47. The number of hydrogen-bond donors (Lipinski definition) is 0. The van der Waals surface area contributed by atoms with Gasteiger partial charge in [0.25, 0.3) is 38.9 Å². The van der Waals surface area contributed by atoms with E-state index in [0.29, 0.717) is 0 Å². The van der Waals surface area contributed by atoms with E-state index in [1.807, 2.05) is 0 Å². The van der Waals surface area contributed by atoms with Crippen LogP contribution in [0.2, 0.25) is 0 Å². The van der Waals surface area contributed by atoms with Crippen LogP contribution in [0.3, 0.4) is 0 Å². The van der Waals surface area contributed by atoms with E-state index in [-0.39, 0.29) is 55.0 Å². The molecule has 2 aromatic rings. The Hall–Kier alpha value is 1.07. The number of rotatable bonds is 9. The smallest absolute Gasteiger partial charge is 0.303 e. The molecule has 0 spiro atoms. The highest BCUT2D eigenvalue weighted by Gasteiger charge is 2.40. The molecule has 0 fully saturated rings. The molecule has 0 aliphatic carbocycles. The molecule has 0 bridgehead atoms. The standard InChI is InChI=1S/C23H10Cl4I6N2O8/c1-4(36)43-17(22(41)34(2)15-11(30)5(18(24)37)9(28)6(12(15)31)19(25)38)23(42)35(3)16-13(32)7(20(26)39)10(29)8(14(16)33)21(27)40/h17H,1-3H3. The maximum atomic E-state index is 13.9. The number of esters is 1. The lowest BCUT2D eigenvalue weighted by molar-refractivity contribution is -0.158. The lowest BCUT2D eigenvalue weighted by atomic mass is 10.1. The normalized spacial score (nSPS) is 10.8. The molecular weight excluding hydrogens is 1340 g/mol. The van der Waals surface area contributed by atoms with Crippen molar-refractivity contribution >= 4 is 232 Å². The highest BCUT2D eigenvalue weighted by Crippen LogP contribution is 2.41. The Kier molecular flexibility index (Phi) is 15.4. The average molecular weight is 1350 g/mol. The van der Waals surface area contributed by atoms with E-state index >= 15 is 0 Å². The first-order chi connectivity index (χ1) is 19.7. The van der Waals surface area contributed by atoms with Crippen molar-refractivity contribution in [2.75, 3.05) is 23.9 Å². The minimum absolute atomic E-state index is 0.00399. The molecule has 20 heteroatoms. The van der Waals surface area contributed by atoms with Gasteiger partial charge in [-0.05, 0) is 182 Å². The number of benzene rings is 2. The van der Waals surface area contributed by atoms with Gasteiger partial charge in [0.2, 0.25) is 0 Å². The van der Waals surface area contributed by atoms with E-state index in [1.54, 1.807) is 136 Å². The number of anilines is 2. The second kappa shape index (κ2) is 16.5. The van der Waals surface area contributed by atoms with E-state index in [0.717, 1.165) is 16.7 Å². The Morgan fingerprint density at radius 3 is 0.953 bits per heavy atom. The van der Waals surface area contributed by atoms with E-state index < -0.39 is 44.9 Å². The predicted octanol–water partition coefficient (Wildman–Crippen LogP) is 7.39. The number of likely N-dealkylation sites (N-methyl/N-ethyl adjacent to an activating group) is 2. The fraction of sp³-hybridized carbons (Fsp3) is 0.174. The highest BCUT2D eigenvalue weighted by molar-refractivity contribution is 14.1. The topological polar surface area (TPSA) is 135 Å². The van der Waals surface area contributed by atoms with Crippen molar-refractivity contribution in [3.05, 3.63) is 43.7 Å². The Labute approximate surface area is 345 Å². The van der Waals surface area contributed by atoms with Crippen LogP contribution in [0.4, 0.5) is 11.4 Å². The van der Waals surface area contributed by atoms with Crippen molar-refractivity contribution in [1.82, 2.24) is 0 Å². The molecule has 0 heterocycles. The summed E-state index contributed by atoms with van der Waals surface area (Å²) >= 11 is 33.7. The average Bonchev–Trinajstić information content (AvgIpc) is 2.84. The van der Waals surface area contributed by atoms with Crippen molar-refractivity contribution in [3.63, 3.8) is 0 Å². The number of amides is 2. The van der Waals surface area contributed by atoms with Crippen LogP contribution in [-0.2, 0) is 19.1 Å². The number of carbonyl (C=O) groups excluding carboxylic acids is 7. The lowest BCUT2D eigenvalue weighted by Crippen LogP contribution is -2.50. The van der Waals surface area contributed by atoms with Gasteiger partial charge in [-0.25, -0.2) is 0 Å². The maximum absolute atomic E-state index is 13.9. The van der Waals surface area contributed by atoms with Gasteiger partial charge >= 0.3 is 5.97 Å². The van der Waals surface area contributed by atoms with E-state index in [2.05, 4.69) is 0 Å². The van der Waals surface area contributed by atoms with Gasteiger partial charge in [-0.2, -0.15) is 0 Å². The molecule has 0 radical (unpaired) electrons. The zero-order chi connectivity index (χ0) is 33.4. The zero-order valence-corrected chi connectivity index (χ0v) is 37.0. The lowest BCUT2D eigenvalue weighted by Gasteiger charge is -2.30. The molecule has 2 rings (SSSR count). The van der Waals surface area contributed by atoms with Gasteiger partial charge in [0.1, 0.15) is 0 Å². The van der Waals surface area contributed by atoms with Gasteiger partial charge in [-0.1, -0.05) is 0 Å². The van der Waals surface area contributed by atoms with Crippen LogP contribution in [0.25, 0.3) is 0 Å². The quantitative estimate of drug-likeness (QED) is 0.110. The summed E-state index contributed by atoms with van der Waals surface area (Å²) in [6.45, 7) is 0.980. The third kappa shape index (κ3) is 8.39. The molecular formula is C23H10Cl4I6N2O8. The van der Waals surface area contributed by atoms with Gasteiger partial charge in [0, 0.05) is 28.2 Å². The Bertz CT molecular complexity index is 1460. The molecule has 2 aromatic carbocycles. The van der Waals surface area contributed by atoms with E-state index in [1.165, 1.54) is 14.1 Å². The van der Waals surface area contributed by atoms with Crippen LogP contribution in [0.15, 0.2) is 0 Å². The van der Waals surface area contributed by atoms with E-state index in [4.69, 9.17) is 51.1 Å². The molecule has 2 amide bonds. The van der Waals surface area contributed by atoms with Gasteiger partial charge in [-0.3, -0.25) is 33.6 Å².